The van der Waals surface area contributed by atoms with Gasteiger partial charge < -0.3 is 4.74 Å². The molecule has 134 valence electrons. The van der Waals surface area contributed by atoms with E-state index in [2.05, 4.69) is 0 Å². The third kappa shape index (κ3) is 3.65. The largest absolute Gasteiger partial charge is 0.379 e. The minimum absolute atomic E-state index is 0.00531. The van der Waals surface area contributed by atoms with Gasteiger partial charge in [0.1, 0.15) is 0 Å². The Kier molecular flexibility index (Phi) is 5.26. The second-order valence-corrected chi connectivity index (χ2v) is 10.2. The molecule has 0 spiro atoms. The van der Waals surface area contributed by atoms with Crippen LogP contribution < -0.4 is 0 Å². The average molecular weight is 374 g/mol. The van der Waals surface area contributed by atoms with Gasteiger partial charge in [-0.1, -0.05) is 30.3 Å². The van der Waals surface area contributed by atoms with E-state index < -0.39 is 25.3 Å². The van der Waals surface area contributed by atoms with Gasteiger partial charge in [0.2, 0.25) is 0 Å². The predicted molar refractivity (Wildman–Crippen MR) is 90.5 cm³/mol. The molecular formula is C15H22N2O5S2. The zero-order chi connectivity index (χ0) is 17.2. The summed E-state index contributed by atoms with van der Waals surface area (Å²) in [7, 11) is -7.03. The van der Waals surface area contributed by atoms with Crippen LogP contribution in [0.3, 0.4) is 0 Å². The first-order valence-electron chi connectivity index (χ1n) is 8.01. The Balaban J connectivity index is 1.81. The number of ether oxygens (including phenoxy) is 1. The molecule has 0 aromatic heterocycles. The molecule has 0 radical (unpaired) electrons. The molecule has 9 heteroatoms. The Morgan fingerprint density at radius 2 is 1.58 bits per heavy atom. The second kappa shape index (κ2) is 7.09. The van der Waals surface area contributed by atoms with Gasteiger partial charge in [-0.3, -0.25) is 0 Å². The van der Waals surface area contributed by atoms with Crippen molar-refractivity contribution in [3.63, 3.8) is 0 Å². The van der Waals surface area contributed by atoms with Crippen LogP contribution in [-0.2, 0) is 24.8 Å². The SMILES string of the molecule is O=S1(=O)CCN(S(=O)(=O)N2CCOCC2)CCC1c1ccccc1. The zero-order valence-corrected chi connectivity index (χ0v) is 15.0. The van der Waals surface area contributed by atoms with Crippen molar-refractivity contribution in [1.29, 1.82) is 0 Å². The van der Waals surface area contributed by atoms with Crippen molar-refractivity contribution in [2.24, 2.45) is 0 Å². The number of hydrogen-bond acceptors (Lipinski definition) is 5. The number of morpholine rings is 1. The maximum absolute atomic E-state index is 12.7. The van der Waals surface area contributed by atoms with Crippen molar-refractivity contribution in [1.82, 2.24) is 8.61 Å². The van der Waals surface area contributed by atoms with Gasteiger partial charge in [0.25, 0.3) is 10.2 Å². The molecule has 24 heavy (non-hydrogen) atoms. The molecule has 2 saturated heterocycles. The summed E-state index contributed by atoms with van der Waals surface area (Å²) in [5.41, 5.74) is 0.725. The van der Waals surface area contributed by atoms with E-state index in [0.717, 1.165) is 5.56 Å². The topological polar surface area (TPSA) is 84.0 Å². The molecule has 1 atom stereocenters. The summed E-state index contributed by atoms with van der Waals surface area (Å²) >= 11 is 0. The summed E-state index contributed by atoms with van der Waals surface area (Å²) in [6.07, 6.45) is 0.274. The first-order valence-corrected chi connectivity index (χ1v) is 11.1. The Morgan fingerprint density at radius 3 is 2.25 bits per heavy atom. The third-order valence-corrected chi connectivity index (χ3v) is 8.66. The minimum atomic E-state index is -3.64. The Labute approximate surface area is 143 Å². The van der Waals surface area contributed by atoms with Crippen LogP contribution in [0.4, 0.5) is 0 Å². The molecule has 0 aliphatic carbocycles. The summed E-state index contributed by atoms with van der Waals surface area (Å²) in [5, 5.41) is -0.649. The average Bonchev–Trinajstić information content (AvgIpc) is 2.75. The highest BCUT2D eigenvalue weighted by molar-refractivity contribution is 7.91. The maximum Gasteiger partial charge on any atom is 0.282 e. The molecule has 1 unspecified atom stereocenters. The van der Waals surface area contributed by atoms with Crippen LogP contribution >= 0.6 is 0 Å². The Morgan fingerprint density at radius 1 is 0.958 bits per heavy atom. The van der Waals surface area contributed by atoms with E-state index in [1.807, 2.05) is 6.07 Å². The molecule has 2 fully saturated rings. The number of sulfone groups is 1. The number of benzene rings is 1. The molecule has 0 bridgehead atoms. The van der Waals surface area contributed by atoms with Gasteiger partial charge >= 0.3 is 0 Å². The minimum Gasteiger partial charge on any atom is -0.379 e. The lowest BCUT2D eigenvalue weighted by Gasteiger charge is -2.31. The molecule has 3 rings (SSSR count). The van der Waals surface area contributed by atoms with Crippen LogP contribution in [0.5, 0.6) is 0 Å². The van der Waals surface area contributed by atoms with Gasteiger partial charge in [-0.25, -0.2) is 8.42 Å². The molecular weight excluding hydrogens is 352 g/mol. The second-order valence-electron chi connectivity index (χ2n) is 5.97. The van der Waals surface area contributed by atoms with Gasteiger partial charge in [0.15, 0.2) is 9.84 Å². The highest BCUT2D eigenvalue weighted by Gasteiger charge is 2.37. The van der Waals surface area contributed by atoms with Crippen molar-refractivity contribution >= 4 is 20.0 Å². The third-order valence-electron chi connectivity index (χ3n) is 4.49. The van der Waals surface area contributed by atoms with Gasteiger partial charge in [-0.2, -0.15) is 17.0 Å². The molecule has 0 amide bonds. The van der Waals surface area contributed by atoms with E-state index in [4.69, 9.17) is 4.74 Å². The highest BCUT2D eigenvalue weighted by atomic mass is 32.2. The van der Waals surface area contributed by atoms with E-state index in [0.29, 0.717) is 26.3 Å². The summed E-state index contributed by atoms with van der Waals surface area (Å²) in [6.45, 7) is 1.58. The monoisotopic (exact) mass is 374 g/mol. The quantitative estimate of drug-likeness (QED) is 0.766. The number of hydrogen-bond donors (Lipinski definition) is 0. The normalized spacial score (nSPS) is 26.8. The van der Waals surface area contributed by atoms with Gasteiger partial charge in [0, 0.05) is 26.2 Å². The van der Waals surface area contributed by atoms with Crippen molar-refractivity contribution < 1.29 is 21.6 Å². The van der Waals surface area contributed by atoms with E-state index in [1.165, 1.54) is 8.61 Å². The number of rotatable bonds is 3. The van der Waals surface area contributed by atoms with Crippen LogP contribution in [-0.4, -0.2) is 70.6 Å². The Hall–Kier alpha value is -1.00. The van der Waals surface area contributed by atoms with E-state index in [9.17, 15) is 16.8 Å². The molecule has 0 saturated carbocycles. The smallest absolute Gasteiger partial charge is 0.282 e. The van der Waals surface area contributed by atoms with Gasteiger partial charge in [-0.15, -0.1) is 0 Å². The molecule has 1 aromatic carbocycles. The first-order chi connectivity index (χ1) is 11.4. The van der Waals surface area contributed by atoms with Gasteiger partial charge in [0.05, 0.1) is 24.2 Å². The maximum atomic E-state index is 12.7. The lowest BCUT2D eigenvalue weighted by molar-refractivity contribution is 0.0703. The summed E-state index contributed by atoms with van der Waals surface area (Å²) in [6, 6.07) is 9.01. The van der Waals surface area contributed by atoms with Crippen LogP contribution in [0, 0.1) is 0 Å². The standard InChI is InChI=1S/C15H22N2O5S2/c18-23(19)13-10-16(24(20,21)17-8-11-22-12-9-17)7-6-15(23)14-4-2-1-3-5-14/h1-5,15H,6-13H2. The predicted octanol–water partition coefficient (Wildman–Crippen LogP) is 0.425. The molecule has 2 aliphatic rings. The van der Waals surface area contributed by atoms with Gasteiger partial charge in [-0.05, 0) is 12.0 Å². The fraction of sp³-hybridized carbons (Fsp3) is 0.600. The lowest BCUT2D eigenvalue weighted by Crippen LogP contribution is -2.49. The molecule has 2 heterocycles. The van der Waals surface area contributed by atoms with Crippen LogP contribution in [0.2, 0.25) is 0 Å². The number of nitrogens with zero attached hydrogens (tertiary/aromatic N) is 2. The zero-order valence-electron chi connectivity index (χ0n) is 13.4. The molecule has 0 N–H and O–H groups in total. The molecule has 2 aliphatic heterocycles. The van der Waals surface area contributed by atoms with Crippen molar-refractivity contribution in [3.05, 3.63) is 35.9 Å². The lowest BCUT2D eigenvalue weighted by atomic mass is 10.1. The van der Waals surface area contributed by atoms with Crippen LogP contribution in [0.25, 0.3) is 0 Å². The molecule has 7 nitrogen and oxygen atoms in total. The van der Waals surface area contributed by atoms with Crippen molar-refractivity contribution in [3.8, 4) is 0 Å². The summed E-state index contributed by atoms with van der Waals surface area (Å²) < 4.78 is 58.6. The van der Waals surface area contributed by atoms with E-state index in [-0.39, 0.29) is 25.3 Å². The van der Waals surface area contributed by atoms with Crippen molar-refractivity contribution in [2.75, 3.05) is 45.1 Å². The highest BCUT2D eigenvalue weighted by Crippen LogP contribution is 2.30. The summed E-state index contributed by atoms with van der Waals surface area (Å²) in [4.78, 5) is 0. The van der Waals surface area contributed by atoms with E-state index in [1.54, 1.807) is 24.3 Å². The Bertz CT molecular complexity index is 758. The van der Waals surface area contributed by atoms with E-state index >= 15 is 0 Å². The fourth-order valence-corrected chi connectivity index (χ4v) is 6.64. The first kappa shape index (κ1) is 17.8. The van der Waals surface area contributed by atoms with Crippen molar-refractivity contribution in [2.45, 2.75) is 11.7 Å². The fourth-order valence-electron chi connectivity index (χ4n) is 3.14. The van der Waals surface area contributed by atoms with Crippen LogP contribution in [0.15, 0.2) is 30.3 Å². The molecule has 1 aromatic rings. The van der Waals surface area contributed by atoms with Crippen LogP contribution in [0.1, 0.15) is 17.2 Å². The summed E-state index contributed by atoms with van der Waals surface area (Å²) in [5.74, 6) is -0.157.